The second-order valence-corrected chi connectivity index (χ2v) is 3.60. The summed E-state index contributed by atoms with van der Waals surface area (Å²) in [6, 6.07) is 1.28. The number of nitrogens with two attached hydrogens (primary N) is 1. The van der Waals surface area contributed by atoms with Crippen molar-refractivity contribution >= 4 is 23.2 Å². The standard InChI is InChI=1S/C11H14FN3O2S/c1-3-16-7(2)8-4-9(12)10(14-5-8)6-17-11(18)15-13/h4-5H,2-3,6,13H2,1H3,(H,15,18). The number of ether oxygens (including phenoxy) is 2. The van der Waals surface area contributed by atoms with E-state index in [1.807, 2.05) is 6.92 Å². The molecule has 5 nitrogen and oxygen atoms in total. The number of hydrogen-bond acceptors (Lipinski definition) is 5. The van der Waals surface area contributed by atoms with Gasteiger partial charge in [0.1, 0.15) is 23.9 Å². The van der Waals surface area contributed by atoms with Crippen molar-refractivity contribution in [2.24, 2.45) is 5.84 Å². The van der Waals surface area contributed by atoms with E-state index >= 15 is 0 Å². The van der Waals surface area contributed by atoms with E-state index in [1.165, 1.54) is 12.3 Å². The summed E-state index contributed by atoms with van der Waals surface area (Å²) in [5.41, 5.74) is 2.74. The van der Waals surface area contributed by atoms with Crippen LogP contribution < -0.4 is 11.3 Å². The molecule has 0 aliphatic heterocycles. The molecule has 0 unspecified atom stereocenters. The molecule has 1 aromatic rings. The van der Waals surface area contributed by atoms with Crippen molar-refractivity contribution in [1.82, 2.24) is 10.4 Å². The minimum absolute atomic E-state index is 0.0287. The van der Waals surface area contributed by atoms with Crippen LogP contribution in [0.15, 0.2) is 18.8 Å². The van der Waals surface area contributed by atoms with E-state index in [1.54, 1.807) is 0 Å². The molecule has 0 saturated heterocycles. The zero-order valence-electron chi connectivity index (χ0n) is 9.90. The number of rotatable bonds is 5. The van der Waals surface area contributed by atoms with E-state index in [9.17, 15) is 4.39 Å². The molecule has 7 heteroatoms. The quantitative estimate of drug-likeness (QED) is 0.366. The van der Waals surface area contributed by atoms with Crippen molar-refractivity contribution in [1.29, 1.82) is 0 Å². The van der Waals surface area contributed by atoms with Crippen LogP contribution in [0, 0.1) is 5.82 Å². The summed E-state index contributed by atoms with van der Waals surface area (Å²) in [4.78, 5) is 3.92. The Kier molecular flexibility index (Phi) is 5.47. The van der Waals surface area contributed by atoms with E-state index in [2.05, 4.69) is 29.2 Å². The lowest BCUT2D eigenvalue weighted by molar-refractivity contribution is 0.275. The fourth-order valence-corrected chi connectivity index (χ4v) is 1.22. The van der Waals surface area contributed by atoms with Gasteiger partial charge >= 0.3 is 0 Å². The minimum atomic E-state index is -0.520. The third-order valence-corrected chi connectivity index (χ3v) is 2.25. The van der Waals surface area contributed by atoms with Crippen molar-refractivity contribution in [2.45, 2.75) is 13.5 Å². The molecule has 0 aliphatic carbocycles. The Morgan fingerprint density at radius 3 is 2.89 bits per heavy atom. The first-order valence-corrected chi connectivity index (χ1v) is 5.59. The van der Waals surface area contributed by atoms with Gasteiger partial charge in [-0.15, -0.1) is 0 Å². The molecule has 0 aromatic carbocycles. The number of pyridine rings is 1. The number of halogens is 1. The van der Waals surface area contributed by atoms with E-state index in [0.717, 1.165) is 0 Å². The highest BCUT2D eigenvalue weighted by Crippen LogP contribution is 2.16. The molecule has 3 N–H and O–H groups in total. The number of nitrogens with zero attached hydrogens (tertiary/aromatic N) is 1. The Hall–Kier alpha value is -1.73. The molecule has 0 radical (unpaired) electrons. The lowest BCUT2D eigenvalue weighted by Gasteiger charge is -2.09. The van der Waals surface area contributed by atoms with Crippen LogP contribution in [0.2, 0.25) is 0 Å². The van der Waals surface area contributed by atoms with Gasteiger partial charge in [-0.05, 0) is 25.2 Å². The van der Waals surface area contributed by atoms with Gasteiger partial charge in [0.05, 0.1) is 6.61 Å². The second-order valence-electron chi connectivity index (χ2n) is 3.23. The Morgan fingerprint density at radius 1 is 1.61 bits per heavy atom. The van der Waals surface area contributed by atoms with E-state index in [-0.39, 0.29) is 17.5 Å². The summed E-state index contributed by atoms with van der Waals surface area (Å²) in [6.45, 7) is 5.84. The summed E-state index contributed by atoms with van der Waals surface area (Å²) < 4.78 is 23.8. The number of aromatic nitrogens is 1. The normalized spacial score (nSPS) is 9.72. The monoisotopic (exact) mass is 271 g/mol. The van der Waals surface area contributed by atoms with Gasteiger partial charge in [-0.2, -0.15) is 0 Å². The van der Waals surface area contributed by atoms with Gasteiger partial charge in [-0.1, -0.05) is 6.58 Å². The van der Waals surface area contributed by atoms with E-state index < -0.39 is 5.82 Å². The van der Waals surface area contributed by atoms with Crippen molar-refractivity contribution in [3.05, 3.63) is 35.9 Å². The molecule has 1 heterocycles. The largest absolute Gasteiger partial charge is 0.494 e. The van der Waals surface area contributed by atoms with Crippen LogP contribution in [0.4, 0.5) is 4.39 Å². The van der Waals surface area contributed by atoms with Crippen LogP contribution in [-0.4, -0.2) is 16.8 Å². The second kappa shape index (κ2) is 6.87. The fourth-order valence-electron chi connectivity index (χ4n) is 1.16. The van der Waals surface area contributed by atoms with Crippen LogP contribution in [0.25, 0.3) is 5.76 Å². The number of thiocarbonyl (C=S) groups is 1. The van der Waals surface area contributed by atoms with E-state index in [4.69, 9.17) is 15.3 Å². The number of hydrazine groups is 1. The highest BCUT2D eigenvalue weighted by molar-refractivity contribution is 7.80. The molecule has 1 rings (SSSR count). The Bertz CT molecular complexity index is 454. The molecule has 0 spiro atoms. The number of hydrogen-bond donors (Lipinski definition) is 2. The number of nitrogens with one attached hydrogen (secondary N) is 1. The third-order valence-electron chi connectivity index (χ3n) is 2.02. The molecule has 0 bridgehead atoms. The maximum atomic E-state index is 13.7. The molecule has 0 aliphatic rings. The fraction of sp³-hybridized carbons (Fsp3) is 0.273. The van der Waals surface area contributed by atoms with Crippen molar-refractivity contribution in [2.75, 3.05) is 6.61 Å². The van der Waals surface area contributed by atoms with Gasteiger partial charge in [-0.3, -0.25) is 10.4 Å². The highest BCUT2D eigenvalue weighted by Gasteiger charge is 2.09. The predicted molar refractivity (Wildman–Crippen MR) is 69.6 cm³/mol. The van der Waals surface area contributed by atoms with Gasteiger partial charge < -0.3 is 9.47 Å². The Balaban J connectivity index is 2.73. The third kappa shape index (κ3) is 3.94. The van der Waals surface area contributed by atoms with Crippen LogP contribution in [0.1, 0.15) is 18.2 Å². The summed E-state index contributed by atoms with van der Waals surface area (Å²) in [7, 11) is 0. The first kappa shape index (κ1) is 14.3. The van der Waals surface area contributed by atoms with Crippen molar-refractivity contribution < 1.29 is 13.9 Å². The van der Waals surface area contributed by atoms with Crippen LogP contribution in [0.3, 0.4) is 0 Å². The van der Waals surface area contributed by atoms with Gasteiger partial charge in [0, 0.05) is 11.8 Å². The molecule has 18 heavy (non-hydrogen) atoms. The summed E-state index contributed by atoms with van der Waals surface area (Å²) in [6.07, 6.45) is 1.46. The van der Waals surface area contributed by atoms with Crippen molar-refractivity contribution in [3.8, 4) is 0 Å². The Morgan fingerprint density at radius 2 is 2.33 bits per heavy atom. The van der Waals surface area contributed by atoms with Gasteiger partial charge in [-0.25, -0.2) is 10.2 Å². The lowest BCUT2D eigenvalue weighted by atomic mass is 10.2. The van der Waals surface area contributed by atoms with Crippen molar-refractivity contribution in [3.63, 3.8) is 0 Å². The zero-order chi connectivity index (χ0) is 13.5. The van der Waals surface area contributed by atoms with Gasteiger partial charge in [0.15, 0.2) is 0 Å². The summed E-state index contributed by atoms with van der Waals surface area (Å²) in [5.74, 6) is 4.86. The SMILES string of the molecule is C=C(OCC)c1cnc(COC(=S)NN)c(F)c1. The first-order chi connectivity index (χ1) is 8.58. The van der Waals surface area contributed by atoms with Crippen LogP contribution in [-0.2, 0) is 16.1 Å². The maximum absolute atomic E-state index is 13.7. The summed E-state index contributed by atoms with van der Waals surface area (Å²) in [5, 5.41) is -0.0287. The van der Waals surface area contributed by atoms with Gasteiger partial charge in [0.25, 0.3) is 5.17 Å². The molecule has 98 valence electrons. The zero-order valence-corrected chi connectivity index (χ0v) is 10.7. The molecule has 0 atom stereocenters. The first-order valence-electron chi connectivity index (χ1n) is 5.18. The molecule has 0 amide bonds. The molecular weight excluding hydrogens is 257 g/mol. The van der Waals surface area contributed by atoms with Gasteiger partial charge in [0.2, 0.25) is 0 Å². The lowest BCUT2D eigenvalue weighted by Crippen LogP contribution is -2.30. The van der Waals surface area contributed by atoms with Crippen LogP contribution >= 0.6 is 12.2 Å². The molecule has 0 fully saturated rings. The maximum Gasteiger partial charge on any atom is 0.271 e. The average molecular weight is 271 g/mol. The topological polar surface area (TPSA) is 69.4 Å². The molecule has 0 saturated carbocycles. The smallest absolute Gasteiger partial charge is 0.271 e. The predicted octanol–water partition coefficient (Wildman–Crippen LogP) is 1.49. The highest BCUT2D eigenvalue weighted by atomic mass is 32.1. The average Bonchev–Trinajstić information content (AvgIpc) is 2.37. The minimum Gasteiger partial charge on any atom is -0.494 e. The van der Waals surface area contributed by atoms with E-state index in [0.29, 0.717) is 17.9 Å². The molecular formula is C11H14FN3O2S. The van der Waals surface area contributed by atoms with Crippen LogP contribution in [0.5, 0.6) is 0 Å². The summed E-state index contributed by atoms with van der Waals surface area (Å²) >= 11 is 4.66. The Labute approximate surface area is 110 Å². The molecule has 1 aromatic heterocycles.